The van der Waals surface area contributed by atoms with Crippen LogP contribution in [-0.4, -0.2) is 17.3 Å². The van der Waals surface area contributed by atoms with Gasteiger partial charge in [0.15, 0.2) is 0 Å². The van der Waals surface area contributed by atoms with Gasteiger partial charge in [-0.3, -0.25) is 0 Å². The molecule has 0 saturated carbocycles. The van der Waals surface area contributed by atoms with Crippen LogP contribution in [0.25, 0.3) is 10.8 Å². The summed E-state index contributed by atoms with van der Waals surface area (Å²) < 4.78 is 12.4. The molecule has 0 N–H and O–H groups in total. The van der Waals surface area contributed by atoms with Crippen molar-refractivity contribution < 1.29 is 9.47 Å². The summed E-state index contributed by atoms with van der Waals surface area (Å²) >= 11 is 0. The van der Waals surface area contributed by atoms with Crippen molar-refractivity contribution in [2.45, 2.75) is 38.5 Å². The first-order valence-electron chi connectivity index (χ1n) is 12.1. The lowest BCUT2D eigenvalue weighted by molar-refractivity contribution is -0.0190. The second kappa shape index (κ2) is 8.86. The second-order valence-corrected chi connectivity index (χ2v) is 8.95. The zero-order valence-electron chi connectivity index (χ0n) is 19.4. The summed E-state index contributed by atoms with van der Waals surface area (Å²) in [6, 6.07) is 31.8. The third-order valence-corrected chi connectivity index (χ3v) is 6.73. The molecule has 4 aromatic carbocycles. The van der Waals surface area contributed by atoms with Crippen LogP contribution in [0.2, 0.25) is 0 Å². The van der Waals surface area contributed by atoms with Gasteiger partial charge in [0.25, 0.3) is 0 Å². The average molecular weight is 449 g/mol. The molecule has 0 radical (unpaired) electrons. The molecule has 2 aliphatic rings. The largest absolute Gasteiger partial charge is 0.494 e. The van der Waals surface area contributed by atoms with Gasteiger partial charge in [-0.1, -0.05) is 74.0 Å². The van der Waals surface area contributed by atoms with Gasteiger partial charge in [-0.15, -0.1) is 0 Å². The van der Waals surface area contributed by atoms with E-state index >= 15 is 0 Å². The highest BCUT2D eigenvalue weighted by molar-refractivity contribution is 6.11. The maximum atomic E-state index is 6.52. The maximum Gasteiger partial charge on any atom is 0.213 e. The molecule has 34 heavy (non-hydrogen) atoms. The zero-order valence-corrected chi connectivity index (χ0v) is 19.4. The van der Waals surface area contributed by atoms with Crippen LogP contribution in [0.1, 0.15) is 55.1 Å². The number of rotatable bonds is 6. The Morgan fingerprint density at radius 2 is 1.71 bits per heavy atom. The van der Waals surface area contributed by atoms with Crippen LogP contribution in [0, 0.1) is 0 Å². The maximum absolute atomic E-state index is 6.52. The van der Waals surface area contributed by atoms with Gasteiger partial charge in [0.05, 0.1) is 18.4 Å². The Morgan fingerprint density at radius 1 is 0.912 bits per heavy atom. The first-order valence-corrected chi connectivity index (χ1v) is 12.1. The predicted octanol–water partition coefficient (Wildman–Crippen LogP) is 7.26. The summed E-state index contributed by atoms with van der Waals surface area (Å²) in [5, 5.41) is 9.78. The Bertz CT molecular complexity index is 1340. The number of nitrogens with zero attached hydrogens (tertiary/aromatic N) is 2. The molecule has 2 unspecified atom stereocenters. The van der Waals surface area contributed by atoms with Crippen molar-refractivity contribution in [3.63, 3.8) is 0 Å². The Balaban J connectivity index is 1.37. The molecule has 0 bridgehead atoms. The van der Waals surface area contributed by atoms with Crippen LogP contribution in [-0.2, 0) is 0 Å². The van der Waals surface area contributed by atoms with Gasteiger partial charge in [0.2, 0.25) is 6.23 Å². The highest BCUT2D eigenvalue weighted by Gasteiger charge is 2.41. The number of unbranched alkanes of at least 4 members (excludes halogenated alkanes) is 1. The van der Waals surface area contributed by atoms with Crippen molar-refractivity contribution in [1.82, 2.24) is 5.01 Å². The monoisotopic (exact) mass is 448 g/mol. The molecule has 0 aliphatic carbocycles. The van der Waals surface area contributed by atoms with Crippen molar-refractivity contribution in [1.29, 1.82) is 0 Å². The normalized spacial score (nSPS) is 18.7. The number of hydrogen-bond acceptors (Lipinski definition) is 4. The lowest BCUT2D eigenvalue weighted by Gasteiger charge is -2.38. The van der Waals surface area contributed by atoms with E-state index in [2.05, 4.69) is 84.7 Å². The van der Waals surface area contributed by atoms with Gasteiger partial charge in [-0.05, 0) is 47.5 Å². The van der Waals surface area contributed by atoms with E-state index in [4.69, 9.17) is 14.6 Å². The Kier molecular flexibility index (Phi) is 5.42. The van der Waals surface area contributed by atoms with Crippen molar-refractivity contribution in [2.24, 2.45) is 5.10 Å². The van der Waals surface area contributed by atoms with E-state index in [0.29, 0.717) is 0 Å². The van der Waals surface area contributed by atoms with E-state index in [0.717, 1.165) is 48.6 Å². The van der Waals surface area contributed by atoms with E-state index in [1.54, 1.807) is 0 Å². The van der Waals surface area contributed by atoms with E-state index < -0.39 is 0 Å². The first kappa shape index (κ1) is 20.8. The van der Waals surface area contributed by atoms with Crippen LogP contribution in [0.5, 0.6) is 11.5 Å². The predicted molar refractivity (Wildman–Crippen MR) is 136 cm³/mol. The number of hydrazone groups is 1. The van der Waals surface area contributed by atoms with Gasteiger partial charge in [0, 0.05) is 23.1 Å². The SMILES string of the molecule is CCCCOc1ccc(C2Oc3ccccc3C3CC(c4cccc5ccccc45)=NN32)cc1. The summed E-state index contributed by atoms with van der Waals surface area (Å²) in [7, 11) is 0. The van der Waals surface area contributed by atoms with Crippen LogP contribution in [0.4, 0.5) is 0 Å². The quantitative estimate of drug-likeness (QED) is 0.291. The molecule has 4 aromatic rings. The minimum Gasteiger partial charge on any atom is -0.494 e. The topological polar surface area (TPSA) is 34.1 Å². The second-order valence-electron chi connectivity index (χ2n) is 8.95. The highest BCUT2D eigenvalue weighted by Crippen LogP contribution is 2.47. The highest BCUT2D eigenvalue weighted by atomic mass is 16.5. The van der Waals surface area contributed by atoms with E-state index in [1.807, 2.05) is 18.2 Å². The van der Waals surface area contributed by atoms with Gasteiger partial charge >= 0.3 is 0 Å². The fourth-order valence-electron chi connectivity index (χ4n) is 4.96. The Morgan fingerprint density at radius 3 is 2.59 bits per heavy atom. The smallest absolute Gasteiger partial charge is 0.213 e. The standard InChI is InChI=1S/C30H28N2O2/c1-2-3-19-33-23-17-15-22(16-18-23)30-32-28(26-12-6-7-14-29(26)34-30)20-27(31-32)25-13-8-10-21-9-4-5-11-24(21)25/h4-18,28,30H,2-3,19-20H2,1H3. The fourth-order valence-corrected chi connectivity index (χ4v) is 4.96. The molecule has 4 heteroatoms. The summed E-state index contributed by atoms with van der Waals surface area (Å²) in [6.45, 7) is 2.92. The molecular formula is C30H28N2O2. The van der Waals surface area contributed by atoms with Crippen molar-refractivity contribution >= 4 is 16.5 Å². The lowest BCUT2D eigenvalue weighted by Crippen LogP contribution is -2.33. The van der Waals surface area contributed by atoms with E-state index in [-0.39, 0.29) is 12.3 Å². The van der Waals surface area contributed by atoms with Crippen LogP contribution < -0.4 is 9.47 Å². The minimum atomic E-state index is -0.280. The summed E-state index contributed by atoms with van der Waals surface area (Å²) in [5.74, 6) is 1.83. The number of para-hydroxylation sites is 1. The first-order chi connectivity index (χ1) is 16.8. The molecular weight excluding hydrogens is 420 g/mol. The summed E-state index contributed by atoms with van der Waals surface area (Å²) in [5.41, 5.74) is 4.57. The van der Waals surface area contributed by atoms with E-state index in [1.165, 1.54) is 21.9 Å². The van der Waals surface area contributed by atoms with Gasteiger partial charge < -0.3 is 9.47 Å². The molecule has 6 rings (SSSR count). The fraction of sp³-hybridized carbons (Fsp3) is 0.233. The van der Waals surface area contributed by atoms with Crippen LogP contribution in [0.15, 0.2) is 96.1 Å². The van der Waals surface area contributed by atoms with Crippen molar-refractivity contribution in [3.05, 3.63) is 108 Å². The summed E-state index contributed by atoms with van der Waals surface area (Å²) in [4.78, 5) is 0. The molecule has 2 atom stereocenters. The summed E-state index contributed by atoms with van der Waals surface area (Å²) in [6.07, 6.45) is 2.76. The van der Waals surface area contributed by atoms with Gasteiger partial charge in [-0.25, -0.2) is 5.01 Å². The van der Waals surface area contributed by atoms with Gasteiger partial charge in [-0.2, -0.15) is 5.10 Å². The zero-order chi connectivity index (χ0) is 22.9. The van der Waals surface area contributed by atoms with Crippen molar-refractivity contribution in [3.8, 4) is 11.5 Å². The third kappa shape index (κ3) is 3.69. The molecule has 2 aliphatic heterocycles. The van der Waals surface area contributed by atoms with Gasteiger partial charge in [0.1, 0.15) is 11.5 Å². The molecule has 0 fully saturated rings. The Labute approximate surface area is 200 Å². The molecule has 2 heterocycles. The molecule has 170 valence electrons. The van der Waals surface area contributed by atoms with E-state index in [9.17, 15) is 0 Å². The Hall–Kier alpha value is -3.79. The number of hydrogen-bond donors (Lipinski definition) is 0. The lowest BCUT2D eigenvalue weighted by atomic mass is 9.93. The van der Waals surface area contributed by atoms with Crippen molar-refractivity contribution in [2.75, 3.05) is 6.61 Å². The molecule has 0 aromatic heterocycles. The molecule has 4 nitrogen and oxygen atoms in total. The average Bonchev–Trinajstić information content (AvgIpc) is 3.34. The van der Waals surface area contributed by atoms with Crippen LogP contribution in [0.3, 0.4) is 0 Å². The number of ether oxygens (including phenoxy) is 2. The minimum absolute atomic E-state index is 0.143. The van der Waals surface area contributed by atoms with Crippen LogP contribution >= 0.6 is 0 Å². The molecule has 0 saturated heterocycles. The number of fused-ring (bicyclic) bond motifs is 4. The number of benzene rings is 4. The molecule has 0 spiro atoms. The molecule has 0 amide bonds. The third-order valence-electron chi connectivity index (χ3n) is 6.73.